The lowest BCUT2D eigenvalue weighted by Gasteiger charge is -2.44. The number of halogens is 4. The summed E-state index contributed by atoms with van der Waals surface area (Å²) in [5.74, 6) is 0.0131. The minimum Gasteiger partial charge on any atom is -0.348 e. The lowest BCUT2D eigenvalue weighted by molar-refractivity contribution is 0.0933. The summed E-state index contributed by atoms with van der Waals surface area (Å²) < 4.78 is 0.000814. The maximum Gasteiger partial charge on any atom is 0.252 e. The summed E-state index contributed by atoms with van der Waals surface area (Å²) in [6.45, 7) is 1.94. The Hall–Kier alpha value is -1.51. The van der Waals surface area contributed by atoms with E-state index in [9.17, 15) is 9.59 Å². The molecule has 170 valence electrons. The summed E-state index contributed by atoms with van der Waals surface area (Å²) in [5.41, 5.74) is 1.40. The lowest BCUT2D eigenvalue weighted by Crippen LogP contribution is -2.60. The van der Waals surface area contributed by atoms with E-state index in [4.69, 9.17) is 58.6 Å². The third-order valence-electron chi connectivity index (χ3n) is 5.74. The van der Waals surface area contributed by atoms with Crippen LogP contribution in [0, 0.1) is 5.92 Å². The molecule has 3 atom stereocenters. The molecule has 2 aromatic rings. The number of amides is 1. The number of likely N-dealkylation sites (tertiary alicyclic amines) is 1. The van der Waals surface area contributed by atoms with Crippen molar-refractivity contribution in [3.05, 3.63) is 69.1 Å². The number of nitrogens with one attached hydrogen (secondary N) is 2. The largest absolute Gasteiger partial charge is 0.348 e. The van der Waals surface area contributed by atoms with Crippen molar-refractivity contribution in [2.75, 3.05) is 13.1 Å². The van der Waals surface area contributed by atoms with E-state index in [2.05, 4.69) is 10.6 Å². The number of hydrogen-bond acceptors (Lipinski definition) is 3. The second-order valence-electron chi connectivity index (χ2n) is 8.01. The molecule has 1 aromatic heterocycles. The molecule has 4 rings (SSSR count). The first-order valence-electron chi connectivity index (χ1n) is 10.00. The molecule has 0 aliphatic carbocycles. The molecule has 3 heterocycles. The van der Waals surface area contributed by atoms with Crippen molar-refractivity contribution in [2.45, 2.75) is 28.8 Å². The zero-order chi connectivity index (χ0) is 23.0. The minimum atomic E-state index is -1.85. The van der Waals surface area contributed by atoms with Crippen LogP contribution < -0.4 is 16.2 Å². The number of alkyl halides is 3. The summed E-state index contributed by atoms with van der Waals surface area (Å²) in [4.78, 5) is 26.9. The smallest absolute Gasteiger partial charge is 0.252 e. The fourth-order valence-electron chi connectivity index (χ4n) is 4.29. The monoisotopic (exact) mass is 532 g/mol. The molecule has 1 aromatic carbocycles. The Morgan fingerprint density at radius 2 is 1.78 bits per heavy atom. The fourth-order valence-corrected chi connectivity index (χ4v) is 5.01. The van der Waals surface area contributed by atoms with Crippen LogP contribution in [0.2, 0.25) is 5.02 Å². The maximum absolute atomic E-state index is 12.6. The second kappa shape index (κ2) is 9.39. The molecule has 3 unspecified atom stereocenters. The van der Waals surface area contributed by atoms with Gasteiger partial charge in [-0.05, 0) is 54.9 Å². The van der Waals surface area contributed by atoms with Crippen LogP contribution in [-0.4, -0.2) is 43.5 Å². The molecule has 0 spiro atoms. The Morgan fingerprint density at radius 3 is 2.47 bits per heavy atom. The molecule has 0 saturated carbocycles. The Balaban J connectivity index is 1.47. The van der Waals surface area contributed by atoms with E-state index in [1.807, 2.05) is 15.5 Å². The van der Waals surface area contributed by atoms with E-state index in [1.54, 1.807) is 36.4 Å². The highest BCUT2D eigenvalue weighted by atomic mass is 35.6. The summed E-state index contributed by atoms with van der Waals surface area (Å²) in [5, 5.41) is 6.57. The van der Waals surface area contributed by atoms with Gasteiger partial charge in [0, 0.05) is 47.9 Å². The summed E-state index contributed by atoms with van der Waals surface area (Å²) >= 11 is 29.9. The second-order valence-corrected chi connectivity index (χ2v) is 11.2. The van der Waals surface area contributed by atoms with Crippen molar-refractivity contribution in [1.82, 2.24) is 20.1 Å². The van der Waals surface area contributed by atoms with E-state index in [0.717, 1.165) is 12.1 Å². The molecule has 2 aliphatic heterocycles. The van der Waals surface area contributed by atoms with E-state index < -0.39 is 15.9 Å². The summed E-state index contributed by atoms with van der Waals surface area (Å²) in [6, 6.07) is 11.7. The normalized spacial score (nSPS) is 20.8. The van der Waals surface area contributed by atoms with Crippen LogP contribution in [0.5, 0.6) is 0 Å². The zero-order valence-electron chi connectivity index (χ0n) is 16.7. The zero-order valence-corrected chi connectivity index (χ0v) is 20.6. The number of hydrogen-bond donors (Lipinski definition) is 2. The van der Waals surface area contributed by atoms with E-state index in [-0.39, 0.29) is 17.4 Å². The van der Waals surface area contributed by atoms with Gasteiger partial charge in [0.1, 0.15) is 6.17 Å². The van der Waals surface area contributed by atoms with Crippen molar-refractivity contribution < 1.29 is 4.79 Å². The molecule has 11 heteroatoms. The molecule has 2 aliphatic rings. The minimum absolute atomic E-state index is 0.0209. The highest BCUT2D eigenvalue weighted by Crippen LogP contribution is 2.35. The molecule has 1 saturated heterocycles. The summed E-state index contributed by atoms with van der Waals surface area (Å²) in [7, 11) is 0. The van der Waals surface area contributed by atoms with Crippen LogP contribution in [0.25, 0.3) is 0 Å². The van der Waals surface area contributed by atoms with Crippen LogP contribution in [0.3, 0.4) is 0 Å². The first kappa shape index (κ1) is 23.6. The standard InChI is InChI=1S/C21H20Cl4N4O2S/c22-15-6-4-13(5-7-15)18(31)26-19(21(23,24)25)27-20(32)28-9-12-8-14(11-28)16-2-1-3-17(30)29(16)10-12/h1-7,12,14,19H,8-11H2,(H,26,31)(H,27,32). The Morgan fingerprint density at radius 1 is 1.06 bits per heavy atom. The van der Waals surface area contributed by atoms with Gasteiger partial charge in [0.2, 0.25) is 3.79 Å². The third kappa shape index (κ3) is 5.18. The Bertz CT molecular complexity index is 1090. The van der Waals surface area contributed by atoms with E-state index in [1.165, 1.54) is 0 Å². The number of carbonyl (C=O) groups excluding carboxylic acids is 1. The van der Waals surface area contributed by atoms with Gasteiger partial charge in [0.05, 0.1) is 0 Å². The quantitative estimate of drug-likeness (QED) is 0.355. The van der Waals surface area contributed by atoms with Crippen molar-refractivity contribution in [3.63, 3.8) is 0 Å². The van der Waals surface area contributed by atoms with Gasteiger partial charge in [-0.2, -0.15) is 0 Å². The molecule has 0 radical (unpaired) electrons. The molecule has 2 N–H and O–H groups in total. The van der Waals surface area contributed by atoms with Crippen molar-refractivity contribution in [3.8, 4) is 0 Å². The molecule has 1 fully saturated rings. The van der Waals surface area contributed by atoms with Crippen LogP contribution in [-0.2, 0) is 6.54 Å². The number of thiocarbonyl (C=S) groups is 1. The lowest BCUT2D eigenvalue weighted by atomic mass is 9.83. The molecule has 1 amide bonds. The van der Waals surface area contributed by atoms with E-state index in [0.29, 0.717) is 35.3 Å². The van der Waals surface area contributed by atoms with Crippen LogP contribution in [0.4, 0.5) is 0 Å². The molecule has 6 nitrogen and oxygen atoms in total. The number of rotatable bonds is 3. The first-order chi connectivity index (χ1) is 15.1. The van der Waals surface area contributed by atoms with Crippen molar-refractivity contribution in [1.29, 1.82) is 0 Å². The van der Waals surface area contributed by atoms with Gasteiger partial charge in [-0.25, -0.2) is 0 Å². The molecule has 2 bridgehead atoms. The van der Waals surface area contributed by atoms with Crippen LogP contribution >= 0.6 is 58.6 Å². The van der Waals surface area contributed by atoms with Gasteiger partial charge in [0.25, 0.3) is 11.5 Å². The third-order valence-corrected chi connectivity index (χ3v) is 7.03. The number of benzene rings is 1. The number of piperidine rings is 1. The fraction of sp³-hybridized carbons (Fsp3) is 0.381. The number of pyridine rings is 1. The van der Waals surface area contributed by atoms with Gasteiger partial charge in [-0.15, -0.1) is 0 Å². The van der Waals surface area contributed by atoms with Crippen LogP contribution in [0.15, 0.2) is 47.3 Å². The number of fused-ring (bicyclic) bond motifs is 4. The SMILES string of the molecule is O=C(NC(NC(=S)N1CC2CC(C1)c1cccc(=O)n1C2)C(Cl)(Cl)Cl)c1ccc(Cl)cc1. The van der Waals surface area contributed by atoms with Gasteiger partial charge in [-0.1, -0.05) is 52.5 Å². The van der Waals surface area contributed by atoms with Gasteiger partial charge < -0.3 is 20.1 Å². The van der Waals surface area contributed by atoms with Gasteiger partial charge >= 0.3 is 0 Å². The van der Waals surface area contributed by atoms with Crippen LogP contribution in [0.1, 0.15) is 28.4 Å². The molecule has 32 heavy (non-hydrogen) atoms. The molecular formula is C21H20Cl4N4O2S. The average Bonchev–Trinajstić information content (AvgIpc) is 2.73. The number of aromatic nitrogens is 1. The highest BCUT2D eigenvalue weighted by Gasteiger charge is 2.39. The highest BCUT2D eigenvalue weighted by molar-refractivity contribution is 7.80. The summed E-state index contributed by atoms with van der Waals surface area (Å²) in [6.07, 6.45) is -0.0659. The van der Waals surface area contributed by atoms with Crippen molar-refractivity contribution >= 4 is 69.6 Å². The Labute approximate surface area is 210 Å². The molecular weight excluding hydrogens is 514 g/mol. The van der Waals surface area contributed by atoms with Gasteiger partial charge in [0.15, 0.2) is 5.11 Å². The predicted octanol–water partition coefficient (Wildman–Crippen LogP) is 3.92. The maximum atomic E-state index is 12.6. The number of nitrogens with zero attached hydrogens (tertiary/aromatic N) is 2. The topological polar surface area (TPSA) is 66.4 Å². The Kier molecular flexibility index (Phi) is 6.94. The van der Waals surface area contributed by atoms with Gasteiger partial charge in [-0.3, -0.25) is 9.59 Å². The first-order valence-corrected chi connectivity index (χ1v) is 11.9. The predicted molar refractivity (Wildman–Crippen MR) is 132 cm³/mol. The number of carbonyl (C=O) groups is 1. The average molecular weight is 534 g/mol. The van der Waals surface area contributed by atoms with E-state index >= 15 is 0 Å². The van der Waals surface area contributed by atoms with Crippen molar-refractivity contribution in [2.24, 2.45) is 5.92 Å².